The summed E-state index contributed by atoms with van der Waals surface area (Å²) in [5, 5.41) is 1.50. The van der Waals surface area contributed by atoms with Gasteiger partial charge in [-0.1, -0.05) is 84.2 Å². The van der Waals surface area contributed by atoms with E-state index in [1.165, 1.54) is 58.2 Å². The lowest BCUT2D eigenvalue weighted by atomic mass is 9.55. The molecule has 0 saturated heterocycles. The van der Waals surface area contributed by atoms with Crippen LogP contribution in [0.5, 0.6) is 0 Å². The molecule has 2 bridgehead atoms. The molecule has 3 aliphatic carbocycles. The van der Waals surface area contributed by atoms with Crippen LogP contribution in [-0.4, -0.2) is 0 Å². The molecule has 31 heavy (non-hydrogen) atoms. The Hall–Kier alpha value is -2.02. The van der Waals surface area contributed by atoms with Crippen LogP contribution >= 0.6 is 23.2 Å². The molecule has 0 aliphatic heterocycles. The van der Waals surface area contributed by atoms with Crippen LogP contribution in [0.4, 0.5) is 0 Å². The summed E-state index contributed by atoms with van der Waals surface area (Å²) in [4.78, 5) is 0. The van der Waals surface area contributed by atoms with E-state index >= 15 is 0 Å². The minimum Gasteiger partial charge on any atom is -0.0843 e. The number of halogens is 2. The van der Waals surface area contributed by atoms with Crippen molar-refractivity contribution in [2.75, 3.05) is 0 Å². The predicted octanol–water partition coefficient (Wildman–Crippen LogP) is 8.94. The van der Waals surface area contributed by atoms with Gasteiger partial charge in [-0.3, -0.25) is 0 Å². The first-order valence-corrected chi connectivity index (χ1v) is 12.1. The SMILES string of the molecule is CC1=CC2(c3ccc(-c4ccccc4)cc3-c3c(Cl)cc(Cl)cc32)C2CC(C)CC1C2. The van der Waals surface area contributed by atoms with Crippen molar-refractivity contribution in [1.29, 1.82) is 0 Å². The third kappa shape index (κ3) is 2.81. The molecule has 2 heteroatoms. The van der Waals surface area contributed by atoms with Crippen molar-refractivity contribution in [3.63, 3.8) is 0 Å². The molecule has 0 amide bonds. The molecule has 1 spiro atoms. The molecular formula is C29H26Cl2. The van der Waals surface area contributed by atoms with Crippen LogP contribution < -0.4 is 0 Å². The molecule has 6 rings (SSSR count). The van der Waals surface area contributed by atoms with E-state index in [1.807, 2.05) is 6.07 Å². The fourth-order valence-electron chi connectivity index (χ4n) is 6.78. The van der Waals surface area contributed by atoms with Gasteiger partial charge in [0.15, 0.2) is 0 Å². The van der Waals surface area contributed by atoms with Gasteiger partial charge in [-0.25, -0.2) is 0 Å². The number of benzene rings is 3. The minimum absolute atomic E-state index is 0.121. The van der Waals surface area contributed by atoms with Crippen LogP contribution in [0.15, 0.2) is 72.3 Å². The van der Waals surface area contributed by atoms with E-state index < -0.39 is 0 Å². The maximum Gasteiger partial charge on any atom is 0.0502 e. The lowest BCUT2D eigenvalue weighted by Crippen LogP contribution is -2.42. The first-order chi connectivity index (χ1) is 15.0. The molecule has 3 aliphatic rings. The molecular weight excluding hydrogens is 419 g/mol. The van der Waals surface area contributed by atoms with Crippen molar-refractivity contribution < 1.29 is 0 Å². The zero-order chi connectivity index (χ0) is 21.3. The zero-order valence-electron chi connectivity index (χ0n) is 18.0. The van der Waals surface area contributed by atoms with Gasteiger partial charge in [0.1, 0.15) is 0 Å². The highest BCUT2D eigenvalue weighted by molar-refractivity contribution is 6.37. The van der Waals surface area contributed by atoms with E-state index in [4.69, 9.17) is 23.2 Å². The van der Waals surface area contributed by atoms with Gasteiger partial charge in [0.25, 0.3) is 0 Å². The van der Waals surface area contributed by atoms with E-state index in [0.29, 0.717) is 11.8 Å². The van der Waals surface area contributed by atoms with E-state index in [0.717, 1.165) is 16.0 Å². The molecule has 4 unspecified atom stereocenters. The van der Waals surface area contributed by atoms with Gasteiger partial charge in [0, 0.05) is 16.0 Å². The Bertz CT molecular complexity index is 1220. The average molecular weight is 445 g/mol. The second-order valence-corrected chi connectivity index (χ2v) is 10.7. The molecule has 156 valence electrons. The fourth-order valence-corrected chi connectivity index (χ4v) is 7.37. The lowest BCUT2D eigenvalue weighted by molar-refractivity contribution is 0.168. The second kappa shape index (κ2) is 6.99. The summed E-state index contributed by atoms with van der Waals surface area (Å²) in [7, 11) is 0. The van der Waals surface area contributed by atoms with Crippen LogP contribution in [0.3, 0.4) is 0 Å². The summed E-state index contributed by atoms with van der Waals surface area (Å²) in [6, 6.07) is 21.7. The summed E-state index contributed by atoms with van der Waals surface area (Å²) in [6.45, 7) is 4.76. The number of rotatable bonds is 1. The Morgan fingerprint density at radius 1 is 0.839 bits per heavy atom. The Morgan fingerprint density at radius 3 is 2.45 bits per heavy atom. The van der Waals surface area contributed by atoms with Crippen LogP contribution in [0.25, 0.3) is 22.3 Å². The van der Waals surface area contributed by atoms with Gasteiger partial charge >= 0.3 is 0 Å². The summed E-state index contributed by atoms with van der Waals surface area (Å²) >= 11 is 13.5. The molecule has 0 aromatic heterocycles. The van der Waals surface area contributed by atoms with Crippen LogP contribution in [0.1, 0.15) is 44.2 Å². The van der Waals surface area contributed by atoms with E-state index in [-0.39, 0.29) is 5.41 Å². The Morgan fingerprint density at radius 2 is 1.65 bits per heavy atom. The highest BCUT2D eigenvalue weighted by Gasteiger charge is 2.52. The standard InChI is InChI=1S/C29H26Cl2/c1-17-10-21-12-22(11-17)29(16-18(21)2)25-9-8-20(19-6-4-3-5-7-19)13-24(25)28-26(29)14-23(30)15-27(28)31/h3-9,13-17,21-22H,10-12H2,1-2H3. The van der Waals surface area contributed by atoms with Gasteiger partial charge < -0.3 is 0 Å². The van der Waals surface area contributed by atoms with Crippen molar-refractivity contribution in [1.82, 2.24) is 0 Å². The minimum atomic E-state index is -0.121. The Labute approximate surface area is 194 Å². The highest BCUT2D eigenvalue weighted by atomic mass is 35.5. The molecule has 0 N–H and O–H groups in total. The van der Waals surface area contributed by atoms with E-state index in [1.54, 1.807) is 0 Å². The highest BCUT2D eigenvalue weighted by Crippen LogP contribution is 2.63. The van der Waals surface area contributed by atoms with Crippen molar-refractivity contribution in [2.45, 2.75) is 38.5 Å². The van der Waals surface area contributed by atoms with Crippen LogP contribution in [0.2, 0.25) is 10.0 Å². The maximum atomic E-state index is 6.90. The maximum absolute atomic E-state index is 6.90. The molecule has 3 aromatic carbocycles. The first kappa shape index (κ1) is 19.6. The molecule has 4 atom stereocenters. The van der Waals surface area contributed by atoms with Crippen LogP contribution in [0, 0.1) is 17.8 Å². The summed E-state index contributed by atoms with van der Waals surface area (Å²) < 4.78 is 0. The van der Waals surface area contributed by atoms with E-state index in [2.05, 4.69) is 74.5 Å². The van der Waals surface area contributed by atoms with Crippen molar-refractivity contribution in [3.8, 4) is 22.3 Å². The first-order valence-electron chi connectivity index (χ1n) is 11.4. The van der Waals surface area contributed by atoms with Crippen molar-refractivity contribution in [2.24, 2.45) is 17.8 Å². The quantitative estimate of drug-likeness (QED) is 0.328. The van der Waals surface area contributed by atoms with Gasteiger partial charge in [0.05, 0.1) is 5.02 Å². The normalized spacial score (nSPS) is 28.3. The van der Waals surface area contributed by atoms with Crippen molar-refractivity contribution >= 4 is 23.2 Å². The summed E-state index contributed by atoms with van der Waals surface area (Å²) in [5.41, 5.74) is 9.05. The third-order valence-corrected chi connectivity index (χ3v) is 8.54. The number of hydrogen-bond acceptors (Lipinski definition) is 0. The van der Waals surface area contributed by atoms with Gasteiger partial charge in [-0.15, -0.1) is 0 Å². The lowest BCUT2D eigenvalue weighted by Gasteiger charge is -2.49. The monoisotopic (exact) mass is 444 g/mol. The Balaban J connectivity index is 1.66. The average Bonchev–Trinajstić information content (AvgIpc) is 3.03. The number of hydrogen-bond donors (Lipinski definition) is 0. The van der Waals surface area contributed by atoms with E-state index in [9.17, 15) is 0 Å². The second-order valence-electron chi connectivity index (χ2n) is 9.90. The fraction of sp³-hybridized carbons (Fsp3) is 0.310. The zero-order valence-corrected chi connectivity index (χ0v) is 19.5. The summed E-state index contributed by atoms with van der Waals surface area (Å²) in [5.74, 6) is 2.04. The molecule has 1 saturated carbocycles. The van der Waals surface area contributed by atoms with Gasteiger partial charge in [0.2, 0.25) is 0 Å². The topological polar surface area (TPSA) is 0 Å². The number of fused-ring (bicyclic) bond motifs is 8. The van der Waals surface area contributed by atoms with Gasteiger partial charge in [-0.05, 0) is 90.0 Å². The third-order valence-electron chi connectivity index (χ3n) is 8.03. The smallest absolute Gasteiger partial charge is 0.0502 e. The number of allylic oxidation sites excluding steroid dienone is 2. The van der Waals surface area contributed by atoms with Gasteiger partial charge in [-0.2, -0.15) is 0 Å². The largest absolute Gasteiger partial charge is 0.0843 e. The predicted molar refractivity (Wildman–Crippen MR) is 132 cm³/mol. The molecule has 0 radical (unpaired) electrons. The molecule has 0 heterocycles. The molecule has 1 fully saturated rings. The van der Waals surface area contributed by atoms with Crippen LogP contribution in [-0.2, 0) is 5.41 Å². The molecule has 3 aromatic rings. The Kier molecular flexibility index (Phi) is 4.43. The van der Waals surface area contributed by atoms with Crippen molar-refractivity contribution in [3.05, 3.63) is 93.5 Å². The summed E-state index contributed by atoms with van der Waals surface area (Å²) in [6.07, 6.45) is 6.41. The molecule has 0 nitrogen and oxygen atoms in total.